The lowest BCUT2D eigenvalue weighted by atomic mass is 9.73. The van der Waals surface area contributed by atoms with Gasteiger partial charge in [0.2, 0.25) is 0 Å². The first kappa shape index (κ1) is 15.9. The summed E-state index contributed by atoms with van der Waals surface area (Å²) in [4.78, 5) is 11.8. The summed E-state index contributed by atoms with van der Waals surface area (Å²) in [5, 5.41) is 0. The molecule has 0 spiro atoms. The van der Waals surface area contributed by atoms with Gasteiger partial charge in [-0.1, -0.05) is 60.7 Å². The molecule has 2 aromatic carbocycles. The molecule has 1 aliphatic carbocycles. The summed E-state index contributed by atoms with van der Waals surface area (Å²) in [6.07, 6.45) is 0.619. The van der Waals surface area contributed by atoms with Gasteiger partial charge >= 0.3 is 0 Å². The van der Waals surface area contributed by atoms with Crippen molar-refractivity contribution >= 4 is 5.78 Å². The van der Waals surface area contributed by atoms with Crippen molar-refractivity contribution in [2.75, 3.05) is 13.2 Å². The zero-order chi connectivity index (χ0) is 15.9. The van der Waals surface area contributed by atoms with Crippen LogP contribution in [0.3, 0.4) is 0 Å². The number of Topliss-reactive ketones (excluding diaryl/α,β-unsaturated/α-hetero) is 1. The molecule has 23 heavy (non-hydrogen) atoms. The van der Waals surface area contributed by atoms with E-state index in [4.69, 9.17) is 9.47 Å². The summed E-state index contributed by atoms with van der Waals surface area (Å²) in [5.41, 5.74) is 2.30. The molecule has 0 aliphatic heterocycles. The minimum Gasteiger partial charge on any atom is -0.376 e. The Labute approximate surface area is 137 Å². The highest BCUT2D eigenvalue weighted by Crippen LogP contribution is 2.31. The lowest BCUT2D eigenvalue weighted by Gasteiger charge is -2.34. The Morgan fingerprint density at radius 2 is 1.30 bits per heavy atom. The normalized spacial score (nSPS) is 20.3. The van der Waals surface area contributed by atoms with Crippen LogP contribution < -0.4 is 0 Å². The van der Waals surface area contributed by atoms with Crippen LogP contribution in [0.1, 0.15) is 17.5 Å². The van der Waals surface area contributed by atoms with E-state index in [0.29, 0.717) is 44.5 Å². The smallest absolute Gasteiger partial charge is 0.139 e. The van der Waals surface area contributed by atoms with Crippen LogP contribution in [0, 0.1) is 11.8 Å². The molecule has 2 aromatic rings. The lowest BCUT2D eigenvalue weighted by molar-refractivity contribution is -0.141. The predicted octanol–water partition coefficient (Wildman–Crippen LogP) is 3.63. The first-order valence-corrected chi connectivity index (χ1v) is 8.09. The second-order valence-corrected chi connectivity index (χ2v) is 6.04. The van der Waals surface area contributed by atoms with E-state index in [-0.39, 0.29) is 5.92 Å². The minimum atomic E-state index is -0.00511. The molecule has 0 amide bonds. The Balaban J connectivity index is 1.38. The van der Waals surface area contributed by atoms with Crippen LogP contribution in [0.15, 0.2) is 60.7 Å². The van der Waals surface area contributed by atoms with Gasteiger partial charge in [-0.2, -0.15) is 0 Å². The van der Waals surface area contributed by atoms with Gasteiger partial charge in [0, 0.05) is 18.3 Å². The van der Waals surface area contributed by atoms with E-state index in [9.17, 15) is 4.79 Å². The fourth-order valence-corrected chi connectivity index (χ4v) is 2.84. The number of carbonyl (C=O) groups is 1. The number of rotatable bonds is 8. The average Bonchev–Trinajstić information content (AvgIpc) is 2.60. The monoisotopic (exact) mass is 310 g/mol. The zero-order valence-electron chi connectivity index (χ0n) is 13.2. The van der Waals surface area contributed by atoms with Gasteiger partial charge in [0.15, 0.2) is 0 Å². The molecule has 3 rings (SSSR count). The fraction of sp³-hybridized carbons (Fsp3) is 0.350. The van der Waals surface area contributed by atoms with E-state index in [1.165, 1.54) is 0 Å². The van der Waals surface area contributed by atoms with E-state index in [0.717, 1.165) is 11.1 Å². The van der Waals surface area contributed by atoms with Crippen molar-refractivity contribution in [2.24, 2.45) is 11.8 Å². The third-order valence-corrected chi connectivity index (χ3v) is 4.30. The topological polar surface area (TPSA) is 35.5 Å². The Morgan fingerprint density at radius 3 is 1.83 bits per heavy atom. The van der Waals surface area contributed by atoms with Crippen molar-refractivity contribution in [3.05, 3.63) is 71.8 Å². The molecule has 1 aliphatic rings. The average molecular weight is 310 g/mol. The number of ether oxygens (including phenoxy) is 2. The van der Waals surface area contributed by atoms with Gasteiger partial charge in [-0.15, -0.1) is 0 Å². The maximum atomic E-state index is 11.8. The quantitative estimate of drug-likeness (QED) is 0.747. The van der Waals surface area contributed by atoms with E-state index >= 15 is 0 Å². The Kier molecular flexibility index (Phi) is 5.56. The van der Waals surface area contributed by atoms with Crippen molar-refractivity contribution < 1.29 is 14.3 Å². The van der Waals surface area contributed by atoms with Gasteiger partial charge in [0.1, 0.15) is 5.78 Å². The number of hydrogen-bond acceptors (Lipinski definition) is 3. The van der Waals surface area contributed by atoms with E-state index in [1.807, 2.05) is 60.7 Å². The van der Waals surface area contributed by atoms with Crippen molar-refractivity contribution in [3.8, 4) is 0 Å². The van der Waals surface area contributed by atoms with Gasteiger partial charge < -0.3 is 9.47 Å². The van der Waals surface area contributed by atoms with Gasteiger partial charge in [0.05, 0.1) is 26.4 Å². The highest BCUT2D eigenvalue weighted by atomic mass is 16.5. The van der Waals surface area contributed by atoms with Crippen molar-refractivity contribution in [1.82, 2.24) is 0 Å². The summed E-state index contributed by atoms with van der Waals surface area (Å²) in [7, 11) is 0. The van der Waals surface area contributed by atoms with Gasteiger partial charge in [0.25, 0.3) is 0 Å². The molecule has 120 valence electrons. The van der Waals surface area contributed by atoms with Crippen LogP contribution in [0.25, 0.3) is 0 Å². The molecule has 1 fully saturated rings. The van der Waals surface area contributed by atoms with Crippen LogP contribution in [-0.4, -0.2) is 19.0 Å². The van der Waals surface area contributed by atoms with Crippen molar-refractivity contribution in [3.63, 3.8) is 0 Å². The summed E-state index contributed by atoms with van der Waals surface area (Å²) in [5.74, 6) is 0.586. The predicted molar refractivity (Wildman–Crippen MR) is 88.8 cm³/mol. The summed E-state index contributed by atoms with van der Waals surface area (Å²) in [6, 6.07) is 20.1. The maximum absolute atomic E-state index is 11.8. The second kappa shape index (κ2) is 8.04. The summed E-state index contributed by atoms with van der Waals surface area (Å²) >= 11 is 0. The van der Waals surface area contributed by atoms with Gasteiger partial charge in [-0.05, 0) is 11.1 Å². The molecule has 3 heteroatoms. The van der Waals surface area contributed by atoms with Crippen molar-refractivity contribution in [2.45, 2.75) is 19.6 Å². The maximum Gasteiger partial charge on any atom is 0.139 e. The zero-order valence-corrected chi connectivity index (χ0v) is 13.2. The molecule has 0 bridgehead atoms. The third kappa shape index (κ3) is 4.50. The SMILES string of the molecule is O=C1CC(COCc2ccccc2)C1COCc1ccccc1. The Morgan fingerprint density at radius 1 is 0.783 bits per heavy atom. The highest BCUT2D eigenvalue weighted by Gasteiger charge is 2.39. The van der Waals surface area contributed by atoms with Gasteiger partial charge in [-0.3, -0.25) is 4.79 Å². The number of ketones is 1. The molecular weight excluding hydrogens is 288 g/mol. The van der Waals surface area contributed by atoms with Crippen LogP contribution in [0.5, 0.6) is 0 Å². The molecule has 0 heterocycles. The van der Waals surface area contributed by atoms with Crippen molar-refractivity contribution in [1.29, 1.82) is 0 Å². The Bertz CT molecular complexity index is 609. The van der Waals surface area contributed by atoms with E-state index in [1.54, 1.807) is 0 Å². The molecule has 0 N–H and O–H groups in total. The highest BCUT2D eigenvalue weighted by molar-refractivity contribution is 5.87. The molecule has 2 unspecified atom stereocenters. The van der Waals surface area contributed by atoms with Crippen LogP contribution >= 0.6 is 0 Å². The molecule has 3 nitrogen and oxygen atoms in total. The largest absolute Gasteiger partial charge is 0.376 e. The fourth-order valence-electron chi connectivity index (χ4n) is 2.84. The molecular formula is C20H22O3. The molecule has 0 aromatic heterocycles. The summed E-state index contributed by atoms with van der Waals surface area (Å²) in [6.45, 7) is 2.28. The van der Waals surface area contributed by atoms with E-state index < -0.39 is 0 Å². The van der Waals surface area contributed by atoms with Crippen LogP contribution in [0.2, 0.25) is 0 Å². The minimum absolute atomic E-state index is 0.00511. The summed E-state index contributed by atoms with van der Waals surface area (Å²) < 4.78 is 11.5. The lowest BCUT2D eigenvalue weighted by Crippen LogP contribution is -2.42. The number of hydrogen-bond donors (Lipinski definition) is 0. The Hall–Kier alpha value is -1.97. The second-order valence-electron chi connectivity index (χ2n) is 6.04. The standard InChI is InChI=1S/C20H22O3/c21-20-11-18(14-22-12-16-7-3-1-4-8-16)19(20)15-23-13-17-9-5-2-6-10-17/h1-10,18-19H,11-15H2. The van der Waals surface area contributed by atoms with Gasteiger partial charge in [-0.25, -0.2) is 0 Å². The first-order chi connectivity index (χ1) is 11.3. The van der Waals surface area contributed by atoms with Crippen LogP contribution in [0.4, 0.5) is 0 Å². The number of carbonyl (C=O) groups excluding carboxylic acids is 1. The molecule has 0 radical (unpaired) electrons. The van der Waals surface area contributed by atoms with Crippen LogP contribution in [-0.2, 0) is 27.5 Å². The van der Waals surface area contributed by atoms with E-state index in [2.05, 4.69) is 0 Å². The molecule has 0 saturated heterocycles. The molecule has 2 atom stereocenters. The first-order valence-electron chi connectivity index (χ1n) is 8.09. The third-order valence-electron chi connectivity index (χ3n) is 4.30. The molecule has 1 saturated carbocycles. The number of benzene rings is 2.